The molecule has 0 atom stereocenters. The Morgan fingerprint density at radius 3 is 1.16 bits per heavy atom. The lowest BCUT2D eigenvalue weighted by molar-refractivity contribution is 0.638. The molecule has 0 aliphatic heterocycles. The van der Waals surface area contributed by atoms with E-state index in [1.165, 1.54) is 43.6 Å². The minimum Gasteiger partial charge on any atom is -0.456 e. The van der Waals surface area contributed by atoms with E-state index in [0.717, 1.165) is 105 Å². The molecule has 11 aromatic carbocycles. The molecule has 0 bridgehead atoms. The summed E-state index contributed by atoms with van der Waals surface area (Å²) in [4.78, 5) is 4.71. The fraction of sp³-hybridized carbons (Fsp3) is 0.0746. The van der Waals surface area contributed by atoms with Gasteiger partial charge in [0.25, 0.3) is 0 Å². The van der Waals surface area contributed by atoms with Crippen molar-refractivity contribution in [2.75, 3.05) is 9.80 Å². The summed E-state index contributed by atoms with van der Waals surface area (Å²) in [5, 5.41) is 13.9. The van der Waals surface area contributed by atoms with Gasteiger partial charge in [0.1, 0.15) is 22.3 Å². The number of benzene rings is 11. The smallest absolute Gasteiger partial charge is 0.142 e. The van der Waals surface area contributed by atoms with Crippen molar-refractivity contribution in [3.05, 3.63) is 218 Å². The number of para-hydroxylation sites is 4. The van der Waals surface area contributed by atoms with Gasteiger partial charge >= 0.3 is 0 Å². The van der Waals surface area contributed by atoms with E-state index in [4.69, 9.17) is 8.83 Å². The topological polar surface area (TPSA) is 42.6 Å². The molecule has 0 aliphatic carbocycles. The Hall–Kier alpha value is -9.26. The molecule has 6 heteroatoms. The lowest BCUT2D eigenvalue weighted by atomic mass is 9.95. The molecular weight excluding hydrogens is 893 g/mol. The fourth-order valence-electron chi connectivity index (χ4n) is 12.1. The quantitative estimate of drug-likeness (QED) is 0.160. The summed E-state index contributed by atoms with van der Waals surface area (Å²) < 4.78 is 18.5. The van der Waals surface area contributed by atoms with Gasteiger partial charge in [-0.15, -0.1) is 0 Å². The average Bonchev–Trinajstić information content (AvgIpc) is 4.16. The van der Waals surface area contributed by atoms with Gasteiger partial charge in [-0.05, 0) is 155 Å². The van der Waals surface area contributed by atoms with Crippen LogP contribution in [0.3, 0.4) is 0 Å². The van der Waals surface area contributed by atoms with Crippen molar-refractivity contribution in [1.82, 2.24) is 9.13 Å². The van der Waals surface area contributed by atoms with Crippen molar-refractivity contribution < 1.29 is 8.83 Å². The Morgan fingerprint density at radius 1 is 0.315 bits per heavy atom. The summed E-state index contributed by atoms with van der Waals surface area (Å²) >= 11 is 0. The van der Waals surface area contributed by atoms with Gasteiger partial charge in [0.15, 0.2) is 0 Å². The minimum absolute atomic E-state index is 0.145. The standard InChI is InChI=1S/C67H48N4O2/c1-40(2)65-66-57(55-33-41-23-25-47(31-43(41)35-63(55)72-66)70(45-15-7-5-8-16-45)49-27-29-61-53(37-49)51-19-11-13-21-59(51)68(61)3)39-58-56-34-42-24-26-48(32-44(42)36-64(56)73-67(58)65)71(46-17-9-6-10-18-46)50-28-30-62-54(38-50)52-20-12-14-22-60(52)69(62)4/h5-40H,1-4H3. The minimum atomic E-state index is 0.145. The van der Waals surface area contributed by atoms with E-state index in [1.807, 2.05) is 0 Å². The molecule has 15 aromatic rings. The molecule has 0 spiro atoms. The monoisotopic (exact) mass is 940 g/mol. The van der Waals surface area contributed by atoms with Crippen LogP contribution in [0.1, 0.15) is 25.3 Å². The van der Waals surface area contributed by atoms with E-state index >= 15 is 0 Å². The van der Waals surface area contributed by atoms with Crippen molar-refractivity contribution >= 4 is 143 Å². The number of anilines is 6. The summed E-state index contributed by atoms with van der Waals surface area (Å²) in [6.45, 7) is 4.48. The number of rotatable bonds is 7. The zero-order chi connectivity index (χ0) is 48.6. The SMILES string of the molecule is CC(C)c1c2oc3cc4cc(N(c5ccccc5)c5ccc6c(c5)c5ccccc5n6C)ccc4cc3c2cc2c1oc1cc3cc(N(c4ccccc4)c4ccc5c(c4)c4ccccc4n5C)ccc3cc12. The van der Waals surface area contributed by atoms with Gasteiger partial charge in [-0.1, -0.05) is 98.8 Å². The van der Waals surface area contributed by atoms with Crippen molar-refractivity contribution in [3.63, 3.8) is 0 Å². The van der Waals surface area contributed by atoms with Gasteiger partial charge in [0.2, 0.25) is 0 Å². The third kappa shape index (κ3) is 6.23. The maximum atomic E-state index is 6.99. The first-order valence-corrected chi connectivity index (χ1v) is 25.2. The second kappa shape index (κ2) is 15.6. The van der Waals surface area contributed by atoms with Crippen LogP contribution in [-0.4, -0.2) is 9.13 Å². The predicted molar refractivity (Wildman–Crippen MR) is 307 cm³/mol. The Balaban J connectivity index is 0.851. The van der Waals surface area contributed by atoms with Crippen molar-refractivity contribution in [3.8, 4) is 0 Å². The number of nitrogens with zero attached hydrogens (tertiary/aromatic N) is 4. The highest BCUT2D eigenvalue weighted by Crippen LogP contribution is 2.47. The molecular formula is C67H48N4O2. The van der Waals surface area contributed by atoms with E-state index in [1.54, 1.807) is 0 Å². The summed E-state index contributed by atoms with van der Waals surface area (Å²) in [6.07, 6.45) is 0. The van der Waals surface area contributed by atoms with Crippen LogP contribution < -0.4 is 9.80 Å². The summed E-state index contributed by atoms with van der Waals surface area (Å²) in [7, 11) is 4.30. The summed E-state index contributed by atoms with van der Waals surface area (Å²) in [5.74, 6) is 0.145. The third-order valence-electron chi connectivity index (χ3n) is 15.5. The molecule has 348 valence electrons. The van der Waals surface area contributed by atoms with Crippen LogP contribution in [0.2, 0.25) is 0 Å². The van der Waals surface area contributed by atoms with E-state index in [-0.39, 0.29) is 5.92 Å². The van der Waals surface area contributed by atoms with E-state index in [0.29, 0.717) is 0 Å². The molecule has 0 saturated carbocycles. The molecule has 6 nitrogen and oxygen atoms in total. The number of aromatic nitrogens is 2. The molecule has 4 aromatic heterocycles. The van der Waals surface area contributed by atoms with Crippen LogP contribution in [0, 0.1) is 0 Å². The predicted octanol–water partition coefficient (Wildman–Crippen LogP) is 19.1. The molecule has 4 heterocycles. The van der Waals surface area contributed by atoms with Crippen LogP contribution in [-0.2, 0) is 14.1 Å². The molecule has 0 saturated heterocycles. The van der Waals surface area contributed by atoms with Crippen LogP contribution in [0.5, 0.6) is 0 Å². The van der Waals surface area contributed by atoms with Crippen LogP contribution in [0.25, 0.3) is 109 Å². The zero-order valence-corrected chi connectivity index (χ0v) is 40.9. The number of aryl methyl sites for hydroxylation is 2. The number of fused-ring (bicyclic) bond motifs is 14. The Kier molecular flexibility index (Phi) is 8.88. The average molecular weight is 941 g/mol. The van der Waals surface area contributed by atoms with Crippen molar-refractivity contribution in [2.24, 2.45) is 14.1 Å². The maximum absolute atomic E-state index is 6.99. The number of hydrogen-bond acceptors (Lipinski definition) is 4. The zero-order valence-electron chi connectivity index (χ0n) is 40.9. The fourth-order valence-corrected chi connectivity index (χ4v) is 12.1. The largest absolute Gasteiger partial charge is 0.456 e. The molecule has 0 unspecified atom stereocenters. The van der Waals surface area contributed by atoms with Gasteiger partial charge in [-0.25, -0.2) is 0 Å². The van der Waals surface area contributed by atoms with E-state index < -0.39 is 0 Å². The molecule has 15 rings (SSSR count). The highest BCUT2D eigenvalue weighted by molar-refractivity contribution is 6.20. The Labute approximate surface area is 420 Å². The lowest BCUT2D eigenvalue weighted by Gasteiger charge is -2.26. The van der Waals surface area contributed by atoms with E-state index in [9.17, 15) is 0 Å². The van der Waals surface area contributed by atoms with E-state index in [2.05, 4.69) is 259 Å². The van der Waals surface area contributed by atoms with Crippen LogP contribution in [0.15, 0.2) is 221 Å². The first-order chi connectivity index (χ1) is 35.8. The van der Waals surface area contributed by atoms with Gasteiger partial charge in [0, 0.05) is 119 Å². The van der Waals surface area contributed by atoms with Gasteiger partial charge < -0.3 is 27.8 Å². The van der Waals surface area contributed by atoms with Crippen LogP contribution >= 0.6 is 0 Å². The maximum Gasteiger partial charge on any atom is 0.142 e. The third-order valence-corrected chi connectivity index (χ3v) is 15.5. The molecule has 73 heavy (non-hydrogen) atoms. The highest BCUT2D eigenvalue weighted by atomic mass is 16.3. The van der Waals surface area contributed by atoms with Gasteiger partial charge in [-0.3, -0.25) is 0 Å². The first kappa shape index (κ1) is 41.5. The first-order valence-electron chi connectivity index (χ1n) is 25.2. The molecule has 0 fully saturated rings. The van der Waals surface area contributed by atoms with Crippen molar-refractivity contribution in [1.29, 1.82) is 0 Å². The van der Waals surface area contributed by atoms with Crippen molar-refractivity contribution in [2.45, 2.75) is 19.8 Å². The highest BCUT2D eigenvalue weighted by Gasteiger charge is 2.24. The van der Waals surface area contributed by atoms with Crippen LogP contribution in [0.4, 0.5) is 34.1 Å². The summed E-state index contributed by atoms with van der Waals surface area (Å²) in [6, 6.07) is 77.2. The number of hydrogen-bond donors (Lipinski definition) is 0. The second-order valence-corrected chi connectivity index (χ2v) is 20.1. The second-order valence-electron chi connectivity index (χ2n) is 20.1. The number of furan rings is 2. The molecule has 0 N–H and O–H groups in total. The Morgan fingerprint density at radius 2 is 0.712 bits per heavy atom. The summed E-state index contributed by atoms with van der Waals surface area (Å²) in [5.41, 5.74) is 16.0. The molecule has 0 amide bonds. The van der Waals surface area contributed by atoms with Gasteiger partial charge in [0.05, 0.1) is 0 Å². The Bertz CT molecular complexity index is 4450. The molecule has 0 aliphatic rings. The normalized spacial score (nSPS) is 12.2. The molecule has 0 radical (unpaired) electrons. The lowest BCUT2D eigenvalue weighted by Crippen LogP contribution is -2.09. The van der Waals surface area contributed by atoms with Gasteiger partial charge in [-0.2, -0.15) is 0 Å².